The largest absolute Gasteiger partial charge is 0.383 e. The van der Waals surface area contributed by atoms with Crippen molar-refractivity contribution in [1.29, 1.82) is 0 Å². The molecular formula is C12H9BrN2O. The lowest BCUT2D eigenvalue weighted by Gasteiger charge is -2.03. The van der Waals surface area contributed by atoms with E-state index in [1.54, 1.807) is 30.5 Å². The fourth-order valence-electron chi connectivity index (χ4n) is 1.37. The zero-order valence-electron chi connectivity index (χ0n) is 8.35. The van der Waals surface area contributed by atoms with Crippen LogP contribution in [-0.2, 0) is 0 Å². The average Bonchev–Trinajstić information content (AvgIpc) is 2.30. The maximum Gasteiger partial charge on any atom is 0.196 e. The van der Waals surface area contributed by atoms with Crippen LogP contribution >= 0.6 is 15.9 Å². The topological polar surface area (TPSA) is 56.0 Å². The summed E-state index contributed by atoms with van der Waals surface area (Å²) < 4.78 is 0.934. The van der Waals surface area contributed by atoms with Crippen LogP contribution in [0.2, 0.25) is 0 Å². The van der Waals surface area contributed by atoms with Crippen LogP contribution < -0.4 is 5.73 Å². The van der Waals surface area contributed by atoms with Crippen LogP contribution in [0.4, 0.5) is 5.82 Å². The van der Waals surface area contributed by atoms with Crippen molar-refractivity contribution in [3.05, 3.63) is 58.2 Å². The first-order valence-corrected chi connectivity index (χ1v) is 5.48. The average molecular weight is 277 g/mol. The van der Waals surface area contributed by atoms with Gasteiger partial charge in [-0.05, 0) is 36.4 Å². The molecule has 2 rings (SSSR count). The predicted molar refractivity (Wildman–Crippen MR) is 66.2 cm³/mol. The second-order valence-corrected chi connectivity index (χ2v) is 4.19. The Morgan fingerprint density at radius 3 is 2.50 bits per heavy atom. The first-order valence-electron chi connectivity index (χ1n) is 4.69. The molecule has 0 fully saturated rings. The molecule has 0 aliphatic heterocycles. The molecule has 0 spiro atoms. The van der Waals surface area contributed by atoms with Crippen LogP contribution in [0, 0.1) is 0 Å². The van der Waals surface area contributed by atoms with E-state index in [9.17, 15) is 4.79 Å². The summed E-state index contributed by atoms with van der Waals surface area (Å²) >= 11 is 3.32. The van der Waals surface area contributed by atoms with Crippen LogP contribution in [0.1, 0.15) is 15.9 Å². The number of ketones is 1. The number of carbonyl (C=O) groups is 1. The smallest absolute Gasteiger partial charge is 0.196 e. The molecule has 2 aromatic rings. The number of rotatable bonds is 2. The van der Waals surface area contributed by atoms with E-state index in [0.717, 1.165) is 4.47 Å². The maximum absolute atomic E-state index is 12.0. The number of anilines is 1. The Bertz CT molecular complexity index is 523. The van der Waals surface area contributed by atoms with Gasteiger partial charge in [0, 0.05) is 16.2 Å². The summed E-state index contributed by atoms with van der Waals surface area (Å²) in [6.45, 7) is 0. The van der Waals surface area contributed by atoms with Gasteiger partial charge in [0.15, 0.2) is 5.78 Å². The van der Waals surface area contributed by atoms with Crippen molar-refractivity contribution >= 4 is 27.5 Å². The molecule has 0 atom stereocenters. The van der Waals surface area contributed by atoms with E-state index in [-0.39, 0.29) is 11.6 Å². The zero-order chi connectivity index (χ0) is 11.5. The fraction of sp³-hybridized carbons (Fsp3) is 0. The van der Waals surface area contributed by atoms with Crippen molar-refractivity contribution in [2.24, 2.45) is 0 Å². The second-order valence-electron chi connectivity index (χ2n) is 3.27. The van der Waals surface area contributed by atoms with Crippen molar-refractivity contribution in [3.63, 3.8) is 0 Å². The molecule has 80 valence electrons. The molecule has 16 heavy (non-hydrogen) atoms. The number of aromatic nitrogens is 1. The summed E-state index contributed by atoms with van der Waals surface area (Å²) in [5, 5.41) is 0. The Morgan fingerprint density at radius 1 is 1.19 bits per heavy atom. The molecule has 0 aliphatic rings. The minimum Gasteiger partial charge on any atom is -0.383 e. The Labute approximate surface area is 101 Å². The molecule has 0 saturated carbocycles. The lowest BCUT2D eigenvalue weighted by atomic mass is 10.0. The third kappa shape index (κ3) is 2.12. The lowest BCUT2D eigenvalue weighted by Crippen LogP contribution is -2.06. The monoisotopic (exact) mass is 276 g/mol. The highest BCUT2D eigenvalue weighted by atomic mass is 79.9. The lowest BCUT2D eigenvalue weighted by molar-refractivity contribution is 0.103. The second kappa shape index (κ2) is 4.45. The minimum atomic E-state index is -0.113. The van der Waals surface area contributed by atoms with Gasteiger partial charge in [0.05, 0.1) is 5.56 Å². The van der Waals surface area contributed by atoms with Crippen molar-refractivity contribution < 1.29 is 4.79 Å². The number of hydrogen-bond acceptors (Lipinski definition) is 3. The number of benzene rings is 1. The summed E-state index contributed by atoms with van der Waals surface area (Å²) in [6.07, 6.45) is 1.56. The van der Waals surface area contributed by atoms with Crippen molar-refractivity contribution in [1.82, 2.24) is 4.98 Å². The molecule has 0 amide bonds. The third-order valence-electron chi connectivity index (χ3n) is 2.19. The standard InChI is InChI=1S/C12H9BrN2O/c13-9-5-3-8(4-6-9)11(16)10-2-1-7-15-12(10)14/h1-7H,(H2,14,15). The van der Waals surface area contributed by atoms with Crippen LogP contribution in [0.15, 0.2) is 47.1 Å². The first kappa shape index (κ1) is 10.8. The Hall–Kier alpha value is -1.68. The van der Waals surface area contributed by atoms with E-state index in [4.69, 9.17) is 5.73 Å². The normalized spacial score (nSPS) is 10.1. The molecule has 3 nitrogen and oxygen atoms in total. The summed E-state index contributed by atoms with van der Waals surface area (Å²) in [5.74, 6) is 0.147. The summed E-state index contributed by atoms with van der Waals surface area (Å²) in [6, 6.07) is 10.5. The van der Waals surface area contributed by atoms with Gasteiger partial charge in [0.1, 0.15) is 5.82 Å². The number of pyridine rings is 1. The number of nitrogens with two attached hydrogens (primary N) is 1. The van der Waals surface area contributed by atoms with Crippen LogP contribution in [0.5, 0.6) is 0 Å². The molecular weight excluding hydrogens is 268 g/mol. The fourth-order valence-corrected chi connectivity index (χ4v) is 1.63. The Morgan fingerprint density at radius 2 is 1.88 bits per heavy atom. The van der Waals surface area contributed by atoms with E-state index in [1.165, 1.54) is 0 Å². The summed E-state index contributed by atoms with van der Waals surface area (Å²) in [7, 11) is 0. The molecule has 0 bridgehead atoms. The highest BCUT2D eigenvalue weighted by Crippen LogP contribution is 2.16. The number of hydrogen-bond donors (Lipinski definition) is 1. The van der Waals surface area contributed by atoms with Gasteiger partial charge in [0.2, 0.25) is 0 Å². The quantitative estimate of drug-likeness (QED) is 0.858. The van der Waals surface area contributed by atoms with E-state index in [2.05, 4.69) is 20.9 Å². The highest BCUT2D eigenvalue weighted by molar-refractivity contribution is 9.10. The minimum absolute atomic E-state index is 0.113. The molecule has 0 radical (unpaired) electrons. The van der Waals surface area contributed by atoms with Crippen molar-refractivity contribution in [2.75, 3.05) is 5.73 Å². The van der Waals surface area contributed by atoms with Gasteiger partial charge in [-0.3, -0.25) is 4.79 Å². The Kier molecular flexibility index (Phi) is 3.01. The molecule has 4 heteroatoms. The number of halogens is 1. The SMILES string of the molecule is Nc1ncccc1C(=O)c1ccc(Br)cc1. The van der Waals surface area contributed by atoms with Crippen LogP contribution in [0.3, 0.4) is 0 Å². The summed E-state index contributed by atoms with van der Waals surface area (Å²) in [5.41, 5.74) is 6.68. The molecule has 2 N–H and O–H groups in total. The van der Waals surface area contributed by atoms with Gasteiger partial charge in [-0.25, -0.2) is 4.98 Å². The van der Waals surface area contributed by atoms with Gasteiger partial charge in [-0.2, -0.15) is 0 Å². The number of nitrogens with zero attached hydrogens (tertiary/aromatic N) is 1. The number of nitrogen functional groups attached to an aromatic ring is 1. The van der Waals surface area contributed by atoms with Gasteiger partial charge in [-0.15, -0.1) is 0 Å². The molecule has 0 unspecified atom stereocenters. The molecule has 0 aliphatic carbocycles. The zero-order valence-corrected chi connectivity index (χ0v) is 9.94. The molecule has 1 aromatic heterocycles. The maximum atomic E-state index is 12.0. The van der Waals surface area contributed by atoms with E-state index < -0.39 is 0 Å². The van der Waals surface area contributed by atoms with E-state index >= 15 is 0 Å². The van der Waals surface area contributed by atoms with Crippen LogP contribution in [-0.4, -0.2) is 10.8 Å². The molecule has 1 aromatic carbocycles. The predicted octanol–water partition coefficient (Wildman–Crippen LogP) is 2.66. The van der Waals surface area contributed by atoms with Crippen LogP contribution in [0.25, 0.3) is 0 Å². The van der Waals surface area contributed by atoms with Gasteiger partial charge in [-0.1, -0.05) is 15.9 Å². The van der Waals surface area contributed by atoms with E-state index in [0.29, 0.717) is 11.1 Å². The first-order chi connectivity index (χ1) is 7.68. The van der Waals surface area contributed by atoms with Gasteiger partial charge >= 0.3 is 0 Å². The molecule has 0 saturated heterocycles. The summed E-state index contributed by atoms with van der Waals surface area (Å²) in [4.78, 5) is 15.9. The van der Waals surface area contributed by atoms with Gasteiger partial charge in [0.25, 0.3) is 0 Å². The Balaban J connectivity index is 2.40. The highest BCUT2D eigenvalue weighted by Gasteiger charge is 2.11. The van der Waals surface area contributed by atoms with Gasteiger partial charge < -0.3 is 5.73 Å². The van der Waals surface area contributed by atoms with Crippen molar-refractivity contribution in [2.45, 2.75) is 0 Å². The third-order valence-corrected chi connectivity index (χ3v) is 2.72. The number of carbonyl (C=O) groups excluding carboxylic acids is 1. The van der Waals surface area contributed by atoms with Crippen molar-refractivity contribution in [3.8, 4) is 0 Å². The van der Waals surface area contributed by atoms with E-state index in [1.807, 2.05) is 12.1 Å². The molecule has 1 heterocycles.